The minimum Gasteiger partial charge on any atom is -0.493 e. The van der Waals surface area contributed by atoms with Crippen LogP contribution in [-0.4, -0.2) is 166 Å². The lowest BCUT2D eigenvalue weighted by Crippen LogP contribution is -2.46. The Labute approximate surface area is 514 Å². The van der Waals surface area contributed by atoms with E-state index in [1.165, 1.54) is 37.7 Å². The summed E-state index contributed by atoms with van der Waals surface area (Å²) < 4.78 is 40.8. The van der Waals surface area contributed by atoms with Crippen LogP contribution in [0.15, 0.2) is 36.4 Å². The lowest BCUT2D eigenvalue weighted by atomic mass is 9.91. The number of β-amino-alcohol motifs (C(OH)–C–C–N with tert-alkyl or cyclic N) is 1. The van der Waals surface area contributed by atoms with Crippen molar-refractivity contribution in [3.63, 3.8) is 0 Å². The van der Waals surface area contributed by atoms with Gasteiger partial charge in [0.15, 0.2) is 23.0 Å². The Balaban J connectivity index is 0.000000445. The maximum Gasteiger partial charge on any atom is 0.333 e. The van der Waals surface area contributed by atoms with Crippen LogP contribution in [0.25, 0.3) is 0 Å². The number of hydroxylamine groups is 2. The molecule has 5 fully saturated rings. The van der Waals surface area contributed by atoms with Gasteiger partial charge in [-0.15, -0.1) is 56.7 Å². The van der Waals surface area contributed by atoms with Gasteiger partial charge in [-0.25, -0.2) is 4.79 Å². The maximum absolute atomic E-state index is 11.9. The monoisotopic (exact) mass is 1280 g/mol. The highest BCUT2D eigenvalue weighted by atomic mass is 35.5. The number of amides is 3. The van der Waals surface area contributed by atoms with Gasteiger partial charge < -0.3 is 54.2 Å². The molecule has 2 aromatic carbocycles. The molecule has 0 spiro atoms. The summed E-state index contributed by atoms with van der Waals surface area (Å²) in [5.41, 5.74) is 7.81. The smallest absolute Gasteiger partial charge is 0.333 e. The predicted octanol–water partition coefficient (Wildman–Crippen LogP) is 9.32. The Morgan fingerprint density at radius 1 is 0.651 bits per heavy atom. The number of hydrogen-bond acceptors (Lipinski definition) is 17. The van der Waals surface area contributed by atoms with E-state index in [2.05, 4.69) is 52.8 Å². The Morgan fingerprint density at radius 2 is 1.13 bits per heavy atom. The molecule has 0 bridgehead atoms. The summed E-state index contributed by atoms with van der Waals surface area (Å²) in [6, 6.07) is 12.9. The minimum absolute atomic E-state index is 0. The first-order chi connectivity index (χ1) is 39.1. The molecule has 83 heavy (non-hydrogen) atoms. The molecule has 0 radical (unpaired) electrons. The molecule has 4 N–H and O–H groups in total. The Bertz CT molecular complexity index is 2180. The number of hydrogen-bond donors (Lipinski definition) is 3. The number of aliphatic hydroxyl groups is 1. The number of aliphatic hydroxyl groups excluding tert-OH is 1. The Kier molecular flexibility index (Phi) is 40.3. The second-order valence-corrected chi connectivity index (χ2v) is 32.5. The van der Waals surface area contributed by atoms with Gasteiger partial charge >= 0.3 is 11.9 Å². The van der Waals surface area contributed by atoms with E-state index in [1.807, 2.05) is 51.1 Å². The zero-order valence-electron chi connectivity index (χ0n) is 49.8. The van der Waals surface area contributed by atoms with Crippen molar-refractivity contribution < 1.29 is 67.1 Å². The summed E-state index contributed by atoms with van der Waals surface area (Å²) in [5, 5.41) is 13.3. The van der Waals surface area contributed by atoms with E-state index in [1.54, 1.807) is 14.2 Å². The summed E-state index contributed by atoms with van der Waals surface area (Å²) in [7, 11) is 11.2. The molecule has 7 unspecified atom stereocenters. The van der Waals surface area contributed by atoms with Crippen LogP contribution in [0.3, 0.4) is 0 Å². The number of likely N-dealkylation sites (tertiary alicyclic amines) is 2. The molecule has 2 aliphatic carbocycles. The molecule has 3 aliphatic heterocycles. The van der Waals surface area contributed by atoms with Crippen molar-refractivity contribution in [3.05, 3.63) is 47.5 Å². The molecule has 5 aliphatic rings. The quantitative estimate of drug-likeness (QED) is 0.0328. The van der Waals surface area contributed by atoms with Gasteiger partial charge in [0.1, 0.15) is 19.3 Å². The second-order valence-electron chi connectivity index (χ2n) is 20.9. The molecule has 9 atom stereocenters. The fourth-order valence-electron chi connectivity index (χ4n) is 10.5. The number of ether oxygens (including phenoxy) is 7. The summed E-state index contributed by atoms with van der Waals surface area (Å²) in [6.45, 7) is 12.7. The van der Waals surface area contributed by atoms with Crippen molar-refractivity contribution in [2.75, 3.05) is 79.9 Å². The lowest BCUT2D eigenvalue weighted by Gasteiger charge is -2.37. The number of nitrogens with one attached hydrogen (secondary N) is 1. The van der Waals surface area contributed by atoms with Crippen LogP contribution in [0.1, 0.15) is 147 Å². The number of carbonyl (C=O) groups is 5. The van der Waals surface area contributed by atoms with Gasteiger partial charge in [0.05, 0.1) is 52.3 Å². The molecule has 0 aromatic heterocycles. The third-order valence-corrected chi connectivity index (χ3v) is 14.5. The topological polar surface area (TPSA) is 227 Å². The van der Waals surface area contributed by atoms with Gasteiger partial charge in [-0.05, 0) is 113 Å². The molecule has 474 valence electrons. The number of rotatable bonds is 27. The van der Waals surface area contributed by atoms with Crippen LogP contribution in [0.5, 0.6) is 23.0 Å². The number of carbonyl (C=O) groups excluding carboxylic acids is 5. The van der Waals surface area contributed by atoms with Gasteiger partial charge in [-0.2, -0.15) is 0 Å². The SMILES string of the molecule is CCCC(=O)NCCOc1ccc(CCOC2CCCCC2N2CC[C@@H](OC(=O)CCC)C2)cc1OC.CCCC(=O)ON1C(=O)CCC1=O.COc1cc(CCOC2CCCCC2N2CC[C@@H](O)C2)ccc1OCCN.Cl.Cl.PP(P)P. The highest BCUT2D eigenvalue weighted by molar-refractivity contribution is 8.65. The fourth-order valence-corrected chi connectivity index (χ4v) is 10.5. The molecule has 7 rings (SSSR count). The average molecular weight is 1290 g/mol. The maximum atomic E-state index is 11.9. The molecule has 2 aromatic rings. The molecule has 2 saturated carbocycles. The normalized spacial score (nSPS) is 21.4. The zero-order valence-corrected chi connectivity index (χ0v) is 55.8. The van der Waals surface area contributed by atoms with Crippen molar-refractivity contribution in [2.24, 2.45) is 5.73 Å². The van der Waals surface area contributed by atoms with Gasteiger partial charge in [0, 0.05) is 76.9 Å². The van der Waals surface area contributed by atoms with Gasteiger partial charge in [-0.3, -0.25) is 29.0 Å². The third-order valence-electron chi connectivity index (χ3n) is 14.5. The average Bonchev–Trinajstić information content (AvgIpc) is 4.25. The molecule has 3 heterocycles. The summed E-state index contributed by atoms with van der Waals surface area (Å²) >= 11 is 0. The first-order valence-electron chi connectivity index (χ1n) is 29.4. The van der Waals surface area contributed by atoms with E-state index in [4.69, 9.17) is 38.9 Å². The lowest BCUT2D eigenvalue weighted by molar-refractivity contribution is -0.197. The number of halogens is 2. The first-order valence-corrected chi connectivity index (χ1v) is 35.6. The Hall–Kier alpha value is -2.75. The number of nitrogens with two attached hydrogens (primary N) is 1. The number of esters is 1. The molecular formula is C58H99Cl2N5O14P4. The van der Waals surface area contributed by atoms with Gasteiger partial charge in [0.2, 0.25) is 5.91 Å². The summed E-state index contributed by atoms with van der Waals surface area (Å²) in [6.07, 6.45) is 17.0. The number of methoxy groups -OCH3 is 2. The third kappa shape index (κ3) is 28.8. The standard InChI is InChI=1S/C29H46N2O6.C21H34N2O4.C8H11NO4.2ClH.H6P4/c1-4-8-28(32)30-16-19-36-26-13-12-22(20-27(26)34-3)15-18-35-25-11-7-6-10-24(25)31-17-14-23(21-31)37-29(33)9-5-2;1-25-21-14-16(6-7-20(21)27-13-10-22)9-12-26-19-5-3-2-4-18(19)23-11-8-17(24)15-23;1-2-3-8(12)13-9-6(10)4-5-7(9)11;;;1-4(2)3/h12-13,20,23-25H,4-11,14-19,21H2,1-3H3,(H,30,32);6-7,14,17-19,24H,2-5,8-13,15,22H2,1H3;2-5H2,1H3;2*1H;1-3H2/t23-,24?,25?;17-,18?,19?;;;;/m11..../s1. The summed E-state index contributed by atoms with van der Waals surface area (Å²) in [5.74, 6) is 1.40. The van der Waals surface area contributed by atoms with Crippen molar-refractivity contribution in [2.45, 2.75) is 186 Å². The second kappa shape index (κ2) is 43.8. The fraction of sp³-hybridized carbons (Fsp3) is 0.707. The van der Waals surface area contributed by atoms with Crippen LogP contribution in [-0.2, 0) is 55.9 Å². The molecular weight excluding hydrogens is 1190 g/mol. The van der Waals surface area contributed by atoms with Crippen molar-refractivity contribution in [1.29, 1.82) is 0 Å². The first kappa shape index (κ1) is 76.3. The highest BCUT2D eigenvalue weighted by Crippen LogP contribution is 2.60. The van der Waals surface area contributed by atoms with Crippen molar-refractivity contribution >= 4 is 88.2 Å². The number of benzene rings is 2. The largest absolute Gasteiger partial charge is 0.493 e. The Morgan fingerprint density at radius 3 is 1.61 bits per heavy atom. The molecule has 3 amide bonds. The molecule has 25 heteroatoms. The van der Waals surface area contributed by atoms with Crippen molar-refractivity contribution in [3.8, 4) is 23.0 Å². The van der Waals surface area contributed by atoms with E-state index < -0.39 is 17.8 Å². The van der Waals surface area contributed by atoms with E-state index in [0.717, 1.165) is 101 Å². The van der Waals surface area contributed by atoms with Crippen LogP contribution in [0, 0.1) is 0 Å². The van der Waals surface area contributed by atoms with Gasteiger partial charge in [0.25, 0.3) is 11.8 Å². The van der Waals surface area contributed by atoms with E-state index in [9.17, 15) is 29.1 Å². The van der Waals surface area contributed by atoms with E-state index in [0.29, 0.717) is 87.4 Å². The highest BCUT2D eigenvalue weighted by Gasteiger charge is 2.37. The molecule has 19 nitrogen and oxygen atoms in total. The van der Waals surface area contributed by atoms with Crippen molar-refractivity contribution in [1.82, 2.24) is 20.2 Å². The van der Waals surface area contributed by atoms with Crippen LogP contribution >= 0.6 is 58.6 Å². The number of imide groups is 1. The van der Waals surface area contributed by atoms with E-state index in [-0.39, 0.29) is 87.4 Å². The van der Waals surface area contributed by atoms with Gasteiger partial charge in [-0.1, -0.05) is 58.6 Å². The van der Waals surface area contributed by atoms with Crippen LogP contribution in [0.4, 0.5) is 0 Å². The zero-order chi connectivity index (χ0) is 58.9. The van der Waals surface area contributed by atoms with Crippen LogP contribution < -0.4 is 30.0 Å². The summed E-state index contributed by atoms with van der Waals surface area (Å²) in [4.78, 5) is 65.8. The van der Waals surface area contributed by atoms with Crippen LogP contribution in [0.2, 0.25) is 0 Å². The predicted molar refractivity (Wildman–Crippen MR) is 341 cm³/mol. The van der Waals surface area contributed by atoms with E-state index >= 15 is 0 Å². The number of nitrogens with zero attached hydrogens (tertiary/aromatic N) is 3. The molecule has 3 saturated heterocycles. The minimum atomic E-state index is -0.536.